The van der Waals surface area contributed by atoms with Gasteiger partial charge in [0.15, 0.2) is 6.29 Å². The summed E-state index contributed by atoms with van der Waals surface area (Å²) in [5, 5.41) is 124. The number of rotatable bonds is 14. The molecule has 21 nitrogen and oxygen atoms in total. The molecule has 10 aliphatic rings. The van der Waals surface area contributed by atoms with Crippen LogP contribution < -0.4 is 16.4 Å². The Morgan fingerprint density at radius 1 is 0.925 bits per heavy atom. The van der Waals surface area contributed by atoms with Gasteiger partial charge in [-0.25, -0.2) is 9.97 Å². The van der Waals surface area contributed by atoms with Crippen molar-refractivity contribution >= 4 is 17.7 Å². The molecule has 1 amide bonds. The fourth-order valence-corrected chi connectivity index (χ4v) is 22.0. The molecule has 0 aromatic carbocycles. The second-order valence-electron chi connectivity index (χ2n) is 27.9. The minimum Gasteiger partial charge on any atom is -0.481 e. The van der Waals surface area contributed by atoms with Crippen LogP contribution in [-0.2, 0) is 25.5 Å². The Morgan fingerprint density at radius 3 is 2.39 bits per heavy atom. The van der Waals surface area contributed by atoms with Crippen molar-refractivity contribution in [1.29, 1.82) is 0 Å². The molecule has 0 radical (unpaired) electrons. The van der Waals surface area contributed by atoms with Gasteiger partial charge in [0.1, 0.15) is 30.4 Å². The maximum absolute atomic E-state index is 14.7. The number of imidazole rings is 2. The highest BCUT2D eigenvalue weighted by Gasteiger charge is 2.84. The van der Waals surface area contributed by atoms with Crippen LogP contribution >= 0.6 is 0 Å². The Balaban J connectivity index is 1.11. The summed E-state index contributed by atoms with van der Waals surface area (Å²) in [4.78, 5) is 44.9. The van der Waals surface area contributed by atoms with Crippen molar-refractivity contribution in [2.75, 3.05) is 38.3 Å². The smallest absolute Gasteiger partial charge is 0.310 e. The van der Waals surface area contributed by atoms with Gasteiger partial charge >= 0.3 is 5.97 Å². The van der Waals surface area contributed by atoms with Crippen LogP contribution in [0.5, 0.6) is 0 Å². The maximum Gasteiger partial charge on any atom is 0.310 e. The van der Waals surface area contributed by atoms with E-state index in [0.717, 1.165) is 56.5 Å². The number of aliphatic hydroxyl groups excluding tert-OH is 9. The number of aliphatic carboxylic acids is 1. The number of carboxylic acid groups (broad SMARTS) is 1. The lowest BCUT2D eigenvalue weighted by Gasteiger charge is -2.83. The zero-order chi connectivity index (χ0) is 56.7. The molecule has 2 aromatic heterocycles. The number of aromatic nitrogens is 4. The molecule has 444 valence electrons. The van der Waals surface area contributed by atoms with E-state index in [9.17, 15) is 60.7 Å². The maximum atomic E-state index is 14.7. The topological polar surface area (TPSA) is 362 Å². The highest BCUT2D eigenvalue weighted by molar-refractivity contribution is 5.82. The lowest BCUT2D eigenvalue weighted by Crippen LogP contribution is -2.80. The van der Waals surface area contributed by atoms with Crippen molar-refractivity contribution in [3.05, 3.63) is 41.9 Å². The first kappa shape index (κ1) is 56.9. The number of carboxylic acids is 1. The molecule has 24 atom stereocenters. The molecule has 2 bridgehead atoms. The van der Waals surface area contributed by atoms with E-state index in [1.54, 1.807) is 12.5 Å². The van der Waals surface area contributed by atoms with Gasteiger partial charge in [0.25, 0.3) is 0 Å². The van der Waals surface area contributed by atoms with Gasteiger partial charge in [0.2, 0.25) is 5.91 Å². The standard InChI is InChI=1S/C59H89N7O14/c1-53(25-68)15-16-57(52(77)78)35(20-53)32-9-14-56-11-6-12-58(32,33-18-37-49(65-28-64-37)62-21-36(33)57)55(56,3)13-10-41-54(2,26-69)48(80-51-47(75)46(74)40(71)24-79-51)45(73)34(59(41,56)29-7-4-5-8-29)17-30-31(23-67)50(76)66-44(30)43(38-22-61-27-63-38)39(70)19-42(60)72/h9,22,27-31,33-36,39-48,51,62,67-75H,4-8,10-21,23-26,60H2,1-3H3,(H,61,63)(H,64,65)(H,66,76)(H,77,78)/t30-,31+,33+,34-,35+,36+,39-,40-,41-,42+,43+,44-,45-,46+,47-,48-,51+,53+,54+,55-,56+,57-,58+,59+/m1/s1. The third-order valence-corrected chi connectivity index (χ3v) is 25.2. The quantitative estimate of drug-likeness (QED) is 0.0731. The average Bonchev–Trinajstić information content (AvgIpc) is 2.67. The number of nitrogens with one attached hydrogen (secondary N) is 4. The molecule has 80 heavy (non-hydrogen) atoms. The van der Waals surface area contributed by atoms with Crippen LogP contribution in [-0.4, -0.2) is 171 Å². The van der Waals surface area contributed by atoms with Crippen LogP contribution in [0.15, 0.2) is 30.5 Å². The van der Waals surface area contributed by atoms with E-state index < -0.39 is 154 Å². The van der Waals surface area contributed by atoms with Crippen molar-refractivity contribution in [3.63, 3.8) is 0 Å². The highest BCUT2D eigenvalue weighted by Crippen LogP contribution is 2.88. The van der Waals surface area contributed by atoms with Gasteiger partial charge < -0.3 is 86.9 Å². The summed E-state index contributed by atoms with van der Waals surface area (Å²) < 4.78 is 12.9. The Morgan fingerprint density at radius 2 is 1.70 bits per heavy atom. The molecule has 8 fully saturated rings. The van der Waals surface area contributed by atoms with E-state index >= 15 is 0 Å². The van der Waals surface area contributed by atoms with Crippen LogP contribution in [0.25, 0.3) is 0 Å². The van der Waals surface area contributed by atoms with Crippen LogP contribution in [0.1, 0.15) is 134 Å². The molecule has 0 unspecified atom stereocenters. The van der Waals surface area contributed by atoms with E-state index in [1.807, 2.05) is 6.92 Å². The molecule has 12 rings (SSSR count). The summed E-state index contributed by atoms with van der Waals surface area (Å²) in [6.45, 7) is 5.54. The van der Waals surface area contributed by atoms with E-state index in [-0.39, 0.29) is 43.8 Å². The first-order valence-corrected chi connectivity index (χ1v) is 30.1. The van der Waals surface area contributed by atoms with Crippen LogP contribution in [0.2, 0.25) is 0 Å². The average molecular weight is 1120 g/mol. The third kappa shape index (κ3) is 7.62. The van der Waals surface area contributed by atoms with Gasteiger partial charge in [-0.2, -0.15) is 0 Å². The van der Waals surface area contributed by atoms with Gasteiger partial charge in [0, 0.05) is 54.3 Å². The van der Waals surface area contributed by atoms with Gasteiger partial charge in [-0.3, -0.25) is 9.59 Å². The van der Waals surface area contributed by atoms with Gasteiger partial charge in [0.05, 0.1) is 67.8 Å². The SMILES string of the molecule is C[C@]1(CO)CC[C@@]2(C(=O)O)[C@@H](C1)C1=CC[C@@]34CCC[C@]1([C@H]1Cc5[nH]cnc5NC[C@@H]12)[C@]3(C)CC[C@@H]1[C@](C)(CO)[C@H](O[C@@H]2OC[C@@H](O)[C@H](O)[C@H]2O)[C@H](O)[C@@H](C[C@H]2[C@H]([C@@H](c3cnc[nH]3)[C@H](O)C[C@@H](N)O)NC(=O)[C@H]2CO)[C@@]14C1CCCC1. The predicted molar refractivity (Wildman–Crippen MR) is 287 cm³/mol. The Kier molecular flexibility index (Phi) is 14.4. The number of hydrogen-bond donors (Lipinski definition) is 15. The second kappa shape index (κ2) is 20.3. The van der Waals surface area contributed by atoms with E-state index in [0.29, 0.717) is 57.2 Å². The zero-order valence-corrected chi connectivity index (χ0v) is 46.6. The van der Waals surface area contributed by atoms with Crippen LogP contribution in [0.4, 0.5) is 5.82 Å². The van der Waals surface area contributed by atoms with E-state index in [4.69, 9.17) is 20.2 Å². The number of fused-ring (bicyclic) bond motifs is 6. The highest BCUT2D eigenvalue weighted by atomic mass is 16.7. The lowest BCUT2D eigenvalue weighted by molar-refractivity contribution is -0.375. The van der Waals surface area contributed by atoms with Crippen molar-refractivity contribution in [2.24, 2.45) is 91.0 Å². The first-order valence-electron chi connectivity index (χ1n) is 30.1. The molecule has 2 saturated heterocycles. The summed E-state index contributed by atoms with van der Waals surface area (Å²) in [6, 6.07) is -0.883. The number of carbonyl (C=O) groups excluding carboxylic acids is 1. The Bertz CT molecular complexity index is 2650. The molecule has 16 N–H and O–H groups in total. The van der Waals surface area contributed by atoms with E-state index in [2.05, 4.69) is 45.5 Å². The van der Waals surface area contributed by atoms with Crippen molar-refractivity contribution in [2.45, 2.75) is 185 Å². The molecule has 7 aliphatic carbocycles. The summed E-state index contributed by atoms with van der Waals surface area (Å²) in [7, 11) is 0. The summed E-state index contributed by atoms with van der Waals surface area (Å²) in [5.41, 5.74) is 2.91. The number of aliphatic hydroxyl groups is 9. The second-order valence-corrected chi connectivity index (χ2v) is 27.9. The van der Waals surface area contributed by atoms with Gasteiger partial charge in [-0.05, 0) is 140 Å². The van der Waals surface area contributed by atoms with Crippen LogP contribution in [0, 0.1) is 85.2 Å². The number of aromatic amines is 2. The molecule has 2 aromatic rings. The predicted octanol–water partition coefficient (Wildman–Crippen LogP) is 2.03. The molecular weight excluding hydrogens is 1030 g/mol. The number of nitrogens with zero attached hydrogens (tertiary/aromatic N) is 2. The number of carbonyl (C=O) groups is 2. The van der Waals surface area contributed by atoms with E-state index in [1.165, 1.54) is 11.9 Å². The Hall–Kier alpha value is -3.58. The van der Waals surface area contributed by atoms with Gasteiger partial charge in [-0.1, -0.05) is 51.7 Å². The number of anilines is 1. The lowest BCUT2D eigenvalue weighted by atomic mass is 9.21. The fraction of sp³-hybridized carbons (Fsp3) is 0.831. The molecule has 1 spiro atoms. The first-order chi connectivity index (χ1) is 38.2. The van der Waals surface area contributed by atoms with Crippen molar-refractivity contribution in [1.82, 2.24) is 25.3 Å². The number of ether oxygens (including phenoxy) is 2. The Labute approximate surface area is 467 Å². The number of nitrogens with two attached hydrogens (primary N) is 1. The van der Waals surface area contributed by atoms with Crippen molar-refractivity contribution < 1.29 is 70.1 Å². The summed E-state index contributed by atoms with van der Waals surface area (Å²) >= 11 is 0. The fourth-order valence-electron chi connectivity index (χ4n) is 22.0. The van der Waals surface area contributed by atoms with Crippen molar-refractivity contribution in [3.8, 4) is 0 Å². The number of H-pyrrole nitrogens is 2. The number of amides is 1. The minimum absolute atomic E-state index is 0.0467. The minimum atomic E-state index is -1.72. The van der Waals surface area contributed by atoms with Gasteiger partial charge in [-0.15, -0.1) is 0 Å². The zero-order valence-electron chi connectivity index (χ0n) is 46.6. The molecule has 3 aliphatic heterocycles. The summed E-state index contributed by atoms with van der Waals surface area (Å²) in [5.74, 6) is -5.35. The monoisotopic (exact) mass is 1120 g/mol. The summed E-state index contributed by atoms with van der Waals surface area (Å²) in [6.07, 6.45) is 5.02. The normalized spacial score (nSPS) is 48.1. The molecule has 6 saturated carbocycles. The largest absolute Gasteiger partial charge is 0.481 e. The number of allylic oxidation sites excluding steroid dienone is 2. The van der Waals surface area contributed by atoms with Crippen LogP contribution in [0.3, 0.4) is 0 Å². The molecular formula is C59H89N7O14. The molecule has 21 heteroatoms. The third-order valence-electron chi connectivity index (χ3n) is 25.2. The molecule has 5 heterocycles. The number of hydrogen-bond acceptors (Lipinski definition) is 17.